The van der Waals surface area contributed by atoms with Crippen molar-refractivity contribution in [2.45, 2.75) is 90.4 Å². The molecule has 45 heavy (non-hydrogen) atoms. The molecule has 12 heteroatoms. The van der Waals surface area contributed by atoms with E-state index in [0.29, 0.717) is 58.0 Å². The fourth-order valence-electron chi connectivity index (χ4n) is 5.51. The second-order valence-electron chi connectivity index (χ2n) is 11.8. The zero-order valence-corrected chi connectivity index (χ0v) is 27.9. The van der Waals surface area contributed by atoms with Crippen molar-refractivity contribution in [3.8, 4) is 0 Å². The number of carbonyl (C=O) groups excluding carboxylic acids is 2. The molecule has 0 bridgehead atoms. The normalized spacial score (nSPS) is 17.5. The van der Waals surface area contributed by atoms with E-state index in [-0.39, 0.29) is 57.9 Å². The van der Waals surface area contributed by atoms with Crippen molar-refractivity contribution in [2.24, 2.45) is 17.8 Å². The summed E-state index contributed by atoms with van der Waals surface area (Å²) < 4.78 is 0. The van der Waals surface area contributed by atoms with Gasteiger partial charge in [-0.05, 0) is 43.9 Å². The van der Waals surface area contributed by atoms with Gasteiger partial charge in [-0.3, -0.25) is 0 Å². The van der Waals surface area contributed by atoms with Crippen LogP contribution in [0, 0.1) is 17.8 Å². The second-order valence-corrected chi connectivity index (χ2v) is 11.8. The number of unbranched alkanes of at least 4 members (excludes halogenated alkanes) is 7. The standard InChI is InChI=1S/C21H36O4.2C6H15NO3/c1-2-3-4-9-12-18-15-14-17(16-19(18)21(24)25)11-8-6-5-7-10-13-20(22)23;2*8-4-1-7(2-5-9)3-6-10/h14-15,17-19H,2-13,16H2,1H3,(H,22,23)(H,24,25);2*8-10H,1-6H2. The summed E-state index contributed by atoms with van der Waals surface area (Å²) in [7, 11) is 0. The molecule has 8 N–H and O–H groups in total. The predicted molar refractivity (Wildman–Crippen MR) is 169 cm³/mol. The maximum absolute atomic E-state index is 11.5. The van der Waals surface area contributed by atoms with Gasteiger partial charge in [-0.15, -0.1) is 0 Å². The Morgan fingerprint density at radius 1 is 0.622 bits per heavy atom. The van der Waals surface area contributed by atoms with E-state index in [0.717, 1.165) is 54.7 Å². The monoisotopic (exact) mass is 650 g/mol. The maximum Gasteiger partial charge on any atom is 0.101 e. The Hall–Kier alpha value is -1.64. The Kier molecular flexibility index (Phi) is 34.1. The van der Waals surface area contributed by atoms with E-state index in [1.807, 2.05) is 0 Å². The highest BCUT2D eigenvalue weighted by Gasteiger charge is 2.26. The molecular weight excluding hydrogens is 584 g/mol. The number of allylic oxidation sites excluding steroid dienone is 2. The quantitative estimate of drug-likeness (QED) is 0.0345. The molecule has 0 aromatic rings. The largest absolute Gasteiger partial charge is 0.550 e. The summed E-state index contributed by atoms with van der Waals surface area (Å²) in [5, 5.41) is 72.9. The van der Waals surface area contributed by atoms with Crippen LogP contribution in [-0.4, -0.2) is 121 Å². The summed E-state index contributed by atoms with van der Waals surface area (Å²) in [5.74, 6) is -1.71. The molecule has 0 heterocycles. The van der Waals surface area contributed by atoms with Crippen molar-refractivity contribution in [3.63, 3.8) is 0 Å². The smallest absolute Gasteiger partial charge is 0.101 e. The average molecular weight is 651 g/mol. The number of carbonyl (C=O) groups is 2. The fourth-order valence-corrected chi connectivity index (χ4v) is 5.51. The fraction of sp³-hybridized carbons (Fsp3) is 0.879. The average Bonchev–Trinajstić information content (AvgIpc) is 3.00. The molecule has 0 saturated carbocycles. The van der Waals surface area contributed by atoms with E-state index in [9.17, 15) is 19.8 Å². The lowest BCUT2D eigenvalue weighted by Crippen LogP contribution is -3.13. The van der Waals surface area contributed by atoms with Gasteiger partial charge in [-0.1, -0.05) is 70.4 Å². The molecule has 0 saturated heterocycles. The number of quaternary nitrogens is 2. The van der Waals surface area contributed by atoms with Crippen molar-refractivity contribution < 1.29 is 60.2 Å². The van der Waals surface area contributed by atoms with Gasteiger partial charge >= 0.3 is 0 Å². The Morgan fingerprint density at radius 3 is 1.47 bits per heavy atom. The zero-order valence-electron chi connectivity index (χ0n) is 27.9. The predicted octanol–water partition coefficient (Wildman–Crippen LogP) is -3.31. The molecule has 1 aliphatic rings. The van der Waals surface area contributed by atoms with Gasteiger partial charge in [0.15, 0.2) is 0 Å². The zero-order chi connectivity index (χ0) is 34.1. The van der Waals surface area contributed by atoms with Crippen LogP contribution in [0.3, 0.4) is 0 Å². The van der Waals surface area contributed by atoms with Crippen molar-refractivity contribution in [1.82, 2.24) is 0 Å². The lowest BCUT2D eigenvalue weighted by atomic mass is 9.75. The van der Waals surface area contributed by atoms with Crippen LogP contribution in [0.15, 0.2) is 12.2 Å². The third-order valence-electron chi connectivity index (χ3n) is 8.15. The molecule has 0 spiro atoms. The third-order valence-corrected chi connectivity index (χ3v) is 8.15. The summed E-state index contributed by atoms with van der Waals surface area (Å²) in [6, 6.07) is 0. The van der Waals surface area contributed by atoms with Crippen LogP contribution < -0.4 is 20.0 Å². The Labute approximate surface area is 271 Å². The number of carboxylic acids is 2. The Bertz CT molecular complexity index is 652. The van der Waals surface area contributed by atoms with Gasteiger partial charge in [0, 0.05) is 17.9 Å². The van der Waals surface area contributed by atoms with Gasteiger partial charge in [-0.25, -0.2) is 0 Å². The first-order valence-electron chi connectivity index (χ1n) is 17.2. The number of aliphatic hydroxyl groups excluding tert-OH is 6. The number of rotatable bonds is 26. The second kappa shape index (κ2) is 33.7. The van der Waals surface area contributed by atoms with E-state index in [4.69, 9.17) is 30.6 Å². The third kappa shape index (κ3) is 28.3. The van der Waals surface area contributed by atoms with Gasteiger partial charge in [0.1, 0.15) is 39.3 Å². The van der Waals surface area contributed by atoms with Gasteiger partial charge in [0.25, 0.3) is 0 Å². The number of aliphatic carboxylic acids is 2. The highest BCUT2D eigenvalue weighted by Crippen LogP contribution is 2.34. The van der Waals surface area contributed by atoms with E-state index < -0.39 is 11.9 Å². The molecule has 12 nitrogen and oxygen atoms in total. The Balaban J connectivity index is 0. The van der Waals surface area contributed by atoms with E-state index >= 15 is 0 Å². The summed E-state index contributed by atoms with van der Waals surface area (Å²) >= 11 is 0. The first-order chi connectivity index (χ1) is 21.7. The van der Waals surface area contributed by atoms with Crippen molar-refractivity contribution >= 4 is 11.9 Å². The van der Waals surface area contributed by atoms with Gasteiger partial charge in [0.05, 0.1) is 39.6 Å². The van der Waals surface area contributed by atoms with Crippen molar-refractivity contribution in [3.05, 3.63) is 12.2 Å². The van der Waals surface area contributed by atoms with Gasteiger partial charge in [0.2, 0.25) is 0 Å². The van der Waals surface area contributed by atoms with Crippen LogP contribution >= 0.6 is 0 Å². The molecule has 0 aliphatic heterocycles. The highest BCUT2D eigenvalue weighted by molar-refractivity contribution is 5.68. The molecule has 1 rings (SSSR count). The van der Waals surface area contributed by atoms with Crippen molar-refractivity contribution in [1.29, 1.82) is 0 Å². The molecule has 3 unspecified atom stereocenters. The lowest BCUT2D eigenvalue weighted by Gasteiger charge is -2.32. The number of nitrogens with one attached hydrogen (secondary N) is 2. The van der Waals surface area contributed by atoms with Crippen LogP contribution in [0.1, 0.15) is 90.4 Å². The maximum atomic E-state index is 11.5. The molecular formula is C33H66N2O10. The molecule has 1 aliphatic carbocycles. The summed E-state index contributed by atoms with van der Waals surface area (Å²) in [6.07, 6.45) is 16.7. The lowest BCUT2D eigenvalue weighted by molar-refractivity contribution is -0.901. The van der Waals surface area contributed by atoms with Crippen molar-refractivity contribution in [2.75, 3.05) is 78.9 Å². The minimum Gasteiger partial charge on any atom is -0.550 e. The van der Waals surface area contributed by atoms with Crippen LogP contribution in [0.2, 0.25) is 0 Å². The topological polar surface area (TPSA) is 211 Å². The Morgan fingerprint density at radius 2 is 1.04 bits per heavy atom. The molecule has 0 amide bonds. The molecule has 0 aromatic carbocycles. The minimum absolute atomic E-state index is 0.106. The summed E-state index contributed by atoms with van der Waals surface area (Å²) in [5.41, 5.74) is 0. The van der Waals surface area contributed by atoms with Crippen LogP contribution in [0.4, 0.5) is 0 Å². The SMILES string of the molecule is CCCCCCC1C=CC(CCCCCCCC(=O)[O-])CC1C(=O)[O-].OCC[NH+](CCO)CCO.OCC[NH+](CCO)CCO. The first-order valence-corrected chi connectivity index (χ1v) is 17.2. The first kappa shape index (κ1) is 45.5. The summed E-state index contributed by atoms with van der Waals surface area (Å²) in [6.45, 7) is 6.41. The molecule has 268 valence electrons. The molecule has 3 atom stereocenters. The number of carboxylic acid groups (broad SMARTS) is 2. The van der Waals surface area contributed by atoms with E-state index in [1.165, 1.54) is 19.3 Å². The van der Waals surface area contributed by atoms with E-state index in [2.05, 4.69) is 19.1 Å². The molecule has 0 fully saturated rings. The van der Waals surface area contributed by atoms with Gasteiger partial charge < -0.3 is 60.2 Å². The molecule has 0 aromatic heterocycles. The van der Waals surface area contributed by atoms with Crippen LogP contribution in [0.25, 0.3) is 0 Å². The number of hydrogen-bond donors (Lipinski definition) is 8. The number of aliphatic hydroxyl groups is 6. The number of hydrogen-bond acceptors (Lipinski definition) is 10. The van der Waals surface area contributed by atoms with Crippen LogP contribution in [0.5, 0.6) is 0 Å². The highest BCUT2D eigenvalue weighted by atomic mass is 16.4. The van der Waals surface area contributed by atoms with Crippen LogP contribution in [-0.2, 0) is 9.59 Å². The minimum atomic E-state index is -0.968. The molecule has 0 radical (unpaired) electrons. The summed E-state index contributed by atoms with van der Waals surface area (Å²) in [4.78, 5) is 23.9. The van der Waals surface area contributed by atoms with Gasteiger partial charge in [-0.2, -0.15) is 0 Å². The van der Waals surface area contributed by atoms with E-state index in [1.54, 1.807) is 0 Å².